The molecule has 0 unspecified atom stereocenters. The van der Waals surface area contributed by atoms with E-state index in [0.29, 0.717) is 36.3 Å². The predicted molar refractivity (Wildman–Crippen MR) is 147 cm³/mol. The van der Waals surface area contributed by atoms with Gasteiger partial charge in [0, 0.05) is 40.4 Å². The van der Waals surface area contributed by atoms with Crippen LogP contribution < -0.4 is 10.2 Å². The van der Waals surface area contributed by atoms with Gasteiger partial charge >= 0.3 is 0 Å². The highest BCUT2D eigenvalue weighted by Crippen LogP contribution is 2.34. The molecule has 1 aromatic heterocycles. The minimum Gasteiger partial charge on any atom is -0.378 e. The smallest absolute Gasteiger partial charge is 0.293 e. The summed E-state index contributed by atoms with van der Waals surface area (Å²) in [6, 6.07) is 12.4. The molecule has 2 heterocycles. The number of nitrogens with one attached hydrogen (secondary N) is 1. The van der Waals surface area contributed by atoms with Gasteiger partial charge in [0.15, 0.2) is 0 Å². The Morgan fingerprint density at radius 3 is 2.62 bits per heavy atom. The Balaban J connectivity index is 1.42. The number of nitro benzene ring substituents is 1. The first-order valence-electron chi connectivity index (χ1n) is 12.3. The van der Waals surface area contributed by atoms with Crippen LogP contribution >= 0.6 is 15.9 Å². The summed E-state index contributed by atoms with van der Waals surface area (Å²) in [5.41, 5.74) is 1.01. The molecule has 0 radical (unpaired) electrons. The molecule has 13 heteroatoms. The lowest BCUT2D eigenvalue weighted by Crippen LogP contribution is -2.37. The minimum absolute atomic E-state index is 0.0694. The van der Waals surface area contributed by atoms with Crippen LogP contribution in [0.5, 0.6) is 0 Å². The number of hydrogen-bond acceptors (Lipinski definition) is 7. The number of hydrogen-bond donors (Lipinski definition) is 1. The maximum Gasteiger partial charge on any atom is 0.293 e. The molecule has 1 aliphatic heterocycles. The average Bonchev–Trinajstić information content (AvgIpc) is 3.44. The molecule has 4 aromatic rings. The van der Waals surface area contributed by atoms with Gasteiger partial charge in [-0.3, -0.25) is 14.9 Å². The Labute approximate surface area is 235 Å². The van der Waals surface area contributed by atoms with Crippen molar-refractivity contribution in [1.82, 2.24) is 15.0 Å². The molecule has 3 aromatic carbocycles. The van der Waals surface area contributed by atoms with E-state index in [1.807, 2.05) is 0 Å². The average molecular weight is 613 g/mol. The molecule has 206 valence electrons. The number of nitrogens with zero attached hydrogens (tertiary/aromatic N) is 5. The Morgan fingerprint density at radius 2 is 1.90 bits per heavy atom. The van der Waals surface area contributed by atoms with E-state index in [1.165, 1.54) is 53.3 Å². The molecule has 0 aliphatic carbocycles. The van der Waals surface area contributed by atoms with Crippen molar-refractivity contribution >= 4 is 38.9 Å². The monoisotopic (exact) mass is 612 g/mol. The van der Waals surface area contributed by atoms with E-state index in [2.05, 4.69) is 31.6 Å². The normalized spacial score (nSPS) is 14.2. The largest absolute Gasteiger partial charge is 0.378 e. The lowest BCUT2D eigenvalue weighted by Gasteiger charge is -2.29. The van der Waals surface area contributed by atoms with Crippen LogP contribution in [0.15, 0.2) is 65.3 Å². The van der Waals surface area contributed by atoms with Crippen molar-refractivity contribution in [3.05, 3.63) is 98.1 Å². The first-order chi connectivity index (χ1) is 19.2. The van der Waals surface area contributed by atoms with Crippen LogP contribution in [-0.2, 0) is 4.74 Å². The molecule has 5 rings (SSSR count). The predicted octanol–water partition coefficient (Wildman–Crippen LogP) is 5.59. The lowest BCUT2D eigenvalue weighted by molar-refractivity contribution is -0.384. The molecule has 1 aliphatic rings. The van der Waals surface area contributed by atoms with E-state index < -0.39 is 28.5 Å². The van der Waals surface area contributed by atoms with Crippen LogP contribution in [0.4, 0.5) is 25.8 Å². The number of halogens is 3. The molecule has 1 atom stereocenters. The molecule has 1 fully saturated rings. The molecular formula is C27H23BrF2N6O4. The Bertz CT molecular complexity index is 1590. The highest BCUT2D eigenvalue weighted by molar-refractivity contribution is 9.10. The second-order valence-electron chi connectivity index (χ2n) is 9.10. The number of carbonyl (C=O) groups is 1. The van der Waals surface area contributed by atoms with Crippen LogP contribution in [0.3, 0.4) is 0 Å². The zero-order valence-electron chi connectivity index (χ0n) is 21.2. The Kier molecular flexibility index (Phi) is 7.85. The third-order valence-electron chi connectivity index (χ3n) is 6.60. The first-order valence-corrected chi connectivity index (χ1v) is 13.1. The summed E-state index contributed by atoms with van der Waals surface area (Å²) >= 11 is 3.23. The van der Waals surface area contributed by atoms with Crippen molar-refractivity contribution in [3.8, 4) is 11.3 Å². The molecule has 1 saturated heterocycles. The van der Waals surface area contributed by atoms with E-state index >= 15 is 0 Å². The summed E-state index contributed by atoms with van der Waals surface area (Å²) in [4.78, 5) is 26.3. The number of nitro groups is 1. The zero-order chi connectivity index (χ0) is 28.4. The molecule has 0 saturated carbocycles. The van der Waals surface area contributed by atoms with Crippen LogP contribution in [0, 0.1) is 21.7 Å². The SMILES string of the molecule is C[C@@H](c1ccc(Br)cc1F)n1cc(-c2cc(NC(=O)c3cccc([N+](=O)[O-])c3N3CCOCC3)ccc2F)nn1. The first kappa shape index (κ1) is 27.3. The second kappa shape index (κ2) is 11.5. The van der Waals surface area contributed by atoms with Gasteiger partial charge in [-0.1, -0.05) is 33.3 Å². The number of benzene rings is 3. The number of para-hydroxylation sites is 1. The van der Waals surface area contributed by atoms with E-state index in [-0.39, 0.29) is 33.9 Å². The van der Waals surface area contributed by atoms with Gasteiger partial charge in [0.2, 0.25) is 0 Å². The Hall–Kier alpha value is -4.23. The molecule has 0 bridgehead atoms. The fraction of sp³-hybridized carbons (Fsp3) is 0.222. The van der Waals surface area contributed by atoms with Crippen LogP contribution in [0.2, 0.25) is 0 Å². The van der Waals surface area contributed by atoms with Gasteiger partial charge in [0.25, 0.3) is 11.6 Å². The number of morpholine rings is 1. The number of aromatic nitrogens is 3. The van der Waals surface area contributed by atoms with Crippen LogP contribution in [0.25, 0.3) is 11.3 Å². The summed E-state index contributed by atoms with van der Waals surface area (Å²) in [5.74, 6) is -1.62. The van der Waals surface area contributed by atoms with Crippen molar-refractivity contribution in [1.29, 1.82) is 0 Å². The zero-order valence-corrected chi connectivity index (χ0v) is 22.8. The van der Waals surface area contributed by atoms with E-state index in [9.17, 15) is 23.7 Å². The molecule has 0 spiro atoms. The maximum absolute atomic E-state index is 14.9. The summed E-state index contributed by atoms with van der Waals surface area (Å²) in [7, 11) is 0. The third kappa shape index (κ3) is 5.56. The molecule has 10 nitrogen and oxygen atoms in total. The van der Waals surface area contributed by atoms with Crippen molar-refractivity contribution in [2.75, 3.05) is 36.5 Å². The molecule has 1 N–H and O–H groups in total. The van der Waals surface area contributed by atoms with E-state index in [0.717, 1.165) is 0 Å². The lowest BCUT2D eigenvalue weighted by atomic mass is 10.1. The number of carbonyl (C=O) groups excluding carboxylic acids is 1. The minimum atomic E-state index is -0.600. The molecule has 40 heavy (non-hydrogen) atoms. The van der Waals surface area contributed by atoms with Gasteiger partial charge in [-0.05, 0) is 43.3 Å². The molecular weight excluding hydrogens is 590 g/mol. The highest BCUT2D eigenvalue weighted by Gasteiger charge is 2.28. The summed E-state index contributed by atoms with van der Waals surface area (Å²) < 4.78 is 36.7. The summed E-state index contributed by atoms with van der Waals surface area (Å²) in [5, 5.41) is 22.6. The fourth-order valence-corrected chi connectivity index (χ4v) is 4.88. The molecule has 1 amide bonds. The van der Waals surface area contributed by atoms with Gasteiger partial charge in [0.05, 0.1) is 35.9 Å². The number of amides is 1. The number of ether oxygens (including phenoxy) is 1. The van der Waals surface area contributed by atoms with Gasteiger partial charge in [0.1, 0.15) is 23.0 Å². The standard InChI is InChI=1S/C27H23BrF2N6O4/c1-16(19-7-5-17(28)13-23(19)30)35-15-24(32-33-35)21-14-18(6-8-22(21)29)31-27(37)20-3-2-4-25(36(38)39)26(20)34-9-11-40-12-10-34/h2-8,13-16H,9-12H2,1H3,(H,31,37)/t16-/m0/s1. The highest BCUT2D eigenvalue weighted by atomic mass is 79.9. The third-order valence-corrected chi connectivity index (χ3v) is 7.10. The van der Waals surface area contributed by atoms with Crippen molar-refractivity contribution in [2.24, 2.45) is 0 Å². The number of rotatable bonds is 7. The maximum atomic E-state index is 14.9. The summed E-state index contributed by atoms with van der Waals surface area (Å²) in [6.45, 7) is 3.28. The number of anilines is 2. The van der Waals surface area contributed by atoms with Crippen LogP contribution in [-0.4, -0.2) is 52.1 Å². The van der Waals surface area contributed by atoms with Crippen LogP contribution in [0.1, 0.15) is 28.9 Å². The van der Waals surface area contributed by atoms with E-state index in [4.69, 9.17) is 4.74 Å². The quantitative estimate of drug-likeness (QED) is 0.213. The van der Waals surface area contributed by atoms with Gasteiger partial charge in [-0.2, -0.15) is 0 Å². The van der Waals surface area contributed by atoms with E-state index in [1.54, 1.807) is 24.0 Å². The Morgan fingerprint density at radius 1 is 1.12 bits per heavy atom. The van der Waals surface area contributed by atoms with Gasteiger partial charge in [-0.15, -0.1) is 5.10 Å². The fourth-order valence-electron chi connectivity index (χ4n) is 4.55. The van der Waals surface area contributed by atoms with Crippen molar-refractivity contribution < 1.29 is 23.2 Å². The topological polar surface area (TPSA) is 115 Å². The van der Waals surface area contributed by atoms with Gasteiger partial charge < -0.3 is 15.0 Å². The van der Waals surface area contributed by atoms with Crippen molar-refractivity contribution in [3.63, 3.8) is 0 Å². The van der Waals surface area contributed by atoms with Gasteiger partial charge in [-0.25, -0.2) is 13.5 Å². The summed E-state index contributed by atoms with van der Waals surface area (Å²) in [6.07, 6.45) is 1.49. The van der Waals surface area contributed by atoms with Crippen molar-refractivity contribution in [2.45, 2.75) is 13.0 Å². The second-order valence-corrected chi connectivity index (χ2v) is 10.0.